The first kappa shape index (κ1) is 9.73. The van der Waals surface area contributed by atoms with Gasteiger partial charge in [0, 0.05) is 23.6 Å². The van der Waals surface area contributed by atoms with E-state index in [2.05, 4.69) is 16.1 Å². The predicted octanol–water partition coefficient (Wildman–Crippen LogP) is 2.12. The van der Waals surface area contributed by atoms with Crippen LogP contribution in [0.5, 0.6) is 5.75 Å². The molecule has 0 aliphatic carbocycles. The van der Waals surface area contributed by atoms with Gasteiger partial charge in [-0.25, -0.2) is 0 Å². The average Bonchev–Trinajstić information content (AvgIpc) is 2.59. The van der Waals surface area contributed by atoms with Gasteiger partial charge in [0.15, 0.2) is 0 Å². The summed E-state index contributed by atoms with van der Waals surface area (Å²) in [7, 11) is 0. The van der Waals surface area contributed by atoms with Crippen molar-refractivity contribution in [1.82, 2.24) is 9.88 Å². The molecule has 0 atom stereocenters. The molecular weight excluding hydrogens is 200 g/mol. The maximum absolute atomic E-state index is 9.48. The van der Waals surface area contributed by atoms with Gasteiger partial charge in [-0.2, -0.15) is 0 Å². The van der Waals surface area contributed by atoms with Gasteiger partial charge in [-0.05, 0) is 49.7 Å². The first-order chi connectivity index (χ1) is 7.83. The van der Waals surface area contributed by atoms with E-state index in [0.717, 1.165) is 23.9 Å². The molecule has 3 nitrogen and oxygen atoms in total. The highest BCUT2D eigenvalue weighted by Crippen LogP contribution is 2.23. The molecule has 3 rings (SSSR count). The summed E-state index contributed by atoms with van der Waals surface area (Å²) in [4.78, 5) is 5.71. The Hall–Kier alpha value is -1.48. The van der Waals surface area contributed by atoms with Crippen LogP contribution in [0.3, 0.4) is 0 Å². The molecule has 0 unspecified atom stereocenters. The van der Waals surface area contributed by atoms with E-state index in [0.29, 0.717) is 5.75 Å². The van der Waals surface area contributed by atoms with Gasteiger partial charge in [0.05, 0.1) is 0 Å². The number of hydrogen-bond acceptors (Lipinski definition) is 2. The predicted molar refractivity (Wildman–Crippen MR) is 64.7 cm³/mol. The Bertz CT molecular complexity index is 500. The fourth-order valence-electron chi connectivity index (χ4n) is 2.26. The molecule has 0 saturated carbocycles. The minimum atomic E-state index is 0.345. The van der Waals surface area contributed by atoms with E-state index in [1.165, 1.54) is 25.1 Å². The van der Waals surface area contributed by atoms with Crippen LogP contribution in [-0.2, 0) is 6.42 Å². The maximum Gasteiger partial charge on any atom is 0.116 e. The topological polar surface area (TPSA) is 39.3 Å². The number of aromatic hydroxyl groups is 1. The molecule has 2 aromatic rings. The lowest BCUT2D eigenvalue weighted by molar-refractivity contribution is 0.184. The number of phenolic OH excluding ortho intramolecular Hbond substituents is 1. The molecule has 3 heteroatoms. The molecule has 2 N–H and O–H groups in total. The fraction of sp³-hybridized carbons (Fsp3) is 0.385. The first-order valence-corrected chi connectivity index (χ1v) is 5.84. The smallest absolute Gasteiger partial charge is 0.116 e. The molecule has 1 aliphatic heterocycles. The Morgan fingerprint density at radius 3 is 2.94 bits per heavy atom. The van der Waals surface area contributed by atoms with Gasteiger partial charge >= 0.3 is 0 Å². The SMILES string of the molecule is Oc1ccc2[nH]cc(CCN3CCC3)c2c1. The number of fused-ring (bicyclic) bond motifs is 1. The van der Waals surface area contributed by atoms with Crippen molar-refractivity contribution in [1.29, 1.82) is 0 Å². The minimum Gasteiger partial charge on any atom is -0.508 e. The van der Waals surface area contributed by atoms with Crippen molar-refractivity contribution in [3.05, 3.63) is 30.0 Å². The summed E-state index contributed by atoms with van der Waals surface area (Å²) in [5.41, 5.74) is 2.41. The van der Waals surface area contributed by atoms with Crippen molar-refractivity contribution in [2.75, 3.05) is 19.6 Å². The third-order valence-corrected chi connectivity index (χ3v) is 3.40. The Balaban J connectivity index is 1.82. The van der Waals surface area contributed by atoms with E-state index in [9.17, 15) is 5.11 Å². The van der Waals surface area contributed by atoms with Crippen molar-refractivity contribution in [2.45, 2.75) is 12.8 Å². The van der Waals surface area contributed by atoms with Crippen molar-refractivity contribution >= 4 is 10.9 Å². The molecular formula is C13H16N2O. The summed E-state index contributed by atoms with van der Waals surface area (Å²) in [6.07, 6.45) is 4.46. The molecule has 1 saturated heterocycles. The van der Waals surface area contributed by atoms with E-state index in [1.54, 1.807) is 6.07 Å². The second-order valence-electron chi connectivity index (χ2n) is 4.49. The molecule has 0 amide bonds. The molecule has 1 fully saturated rings. The van der Waals surface area contributed by atoms with E-state index in [1.807, 2.05) is 12.1 Å². The zero-order chi connectivity index (χ0) is 11.0. The number of aromatic amines is 1. The van der Waals surface area contributed by atoms with Gasteiger partial charge in [0.25, 0.3) is 0 Å². The molecule has 0 bridgehead atoms. The largest absolute Gasteiger partial charge is 0.508 e. The number of aromatic nitrogens is 1. The van der Waals surface area contributed by atoms with Crippen LogP contribution in [0.2, 0.25) is 0 Å². The van der Waals surface area contributed by atoms with Gasteiger partial charge in [0.2, 0.25) is 0 Å². The summed E-state index contributed by atoms with van der Waals surface area (Å²) in [6, 6.07) is 5.49. The van der Waals surface area contributed by atoms with E-state index in [4.69, 9.17) is 0 Å². The molecule has 0 spiro atoms. The van der Waals surface area contributed by atoms with Crippen molar-refractivity contribution in [2.24, 2.45) is 0 Å². The van der Waals surface area contributed by atoms with Crippen LogP contribution in [0.1, 0.15) is 12.0 Å². The van der Waals surface area contributed by atoms with Crippen LogP contribution in [-0.4, -0.2) is 34.6 Å². The Morgan fingerprint density at radius 1 is 1.31 bits per heavy atom. The standard InChI is InChI=1S/C13H16N2O/c16-11-2-3-13-12(8-11)10(9-14-13)4-7-15-5-1-6-15/h2-3,8-9,14,16H,1,4-7H2. The zero-order valence-corrected chi connectivity index (χ0v) is 9.24. The third kappa shape index (κ3) is 1.67. The lowest BCUT2D eigenvalue weighted by Crippen LogP contribution is -2.38. The van der Waals surface area contributed by atoms with Crippen LogP contribution in [0.4, 0.5) is 0 Å². The summed E-state index contributed by atoms with van der Waals surface area (Å²) in [6.45, 7) is 3.61. The first-order valence-electron chi connectivity index (χ1n) is 5.84. The number of hydrogen-bond donors (Lipinski definition) is 2. The van der Waals surface area contributed by atoms with Crippen LogP contribution in [0, 0.1) is 0 Å². The molecule has 0 radical (unpaired) electrons. The maximum atomic E-state index is 9.48. The quantitative estimate of drug-likeness (QED) is 0.825. The summed E-state index contributed by atoms with van der Waals surface area (Å²) >= 11 is 0. The van der Waals surface area contributed by atoms with Gasteiger partial charge < -0.3 is 15.0 Å². The monoisotopic (exact) mass is 216 g/mol. The number of likely N-dealkylation sites (tertiary alicyclic amines) is 1. The van der Waals surface area contributed by atoms with Gasteiger partial charge in [-0.15, -0.1) is 0 Å². The molecule has 1 aliphatic rings. The number of nitrogens with one attached hydrogen (secondary N) is 1. The third-order valence-electron chi connectivity index (χ3n) is 3.40. The van der Waals surface area contributed by atoms with E-state index in [-0.39, 0.29) is 0 Å². The minimum absolute atomic E-state index is 0.345. The van der Waals surface area contributed by atoms with E-state index < -0.39 is 0 Å². The Labute approximate surface area is 94.7 Å². The van der Waals surface area contributed by atoms with Crippen molar-refractivity contribution < 1.29 is 5.11 Å². The summed E-state index contributed by atoms with van der Waals surface area (Å²) in [5.74, 6) is 0.345. The van der Waals surface area contributed by atoms with Crippen molar-refractivity contribution in [3.8, 4) is 5.75 Å². The highest BCUT2D eigenvalue weighted by molar-refractivity contribution is 5.84. The van der Waals surface area contributed by atoms with Crippen LogP contribution < -0.4 is 0 Å². The second-order valence-corrected chi connectivity index (χ2v) is 4.49. The molecule has 1 aromatic carbocycles. The van der Waals surface area contributed by atoms with Crippen LogP contribution in [0.25, 0.3) is 10.9 Å². The van der Waals surface area contributed by atoms with E-state index >= 15 is 0 Å². The summed E-state index contributed by atoms with van der Waals surface area (Å²) in [5, 5.41) is 10.6. The van der Waals surface area contributed by atoms with Crippen LogP contribution >= 0.6 is 0 Å². The molecule has 2 heterocycles. The number of nitrogens with zero attached hydrogens (tertiary/aromatic N) is 1. The highest BCUT2D eigenvalue weighted by atomic mass is 16.3. The number of benzene rings is 1. The van der Waals surface area contributed by atoms with Gasteiger partial charge in [-0.1, -0.05) is 0 Å². The second kappa shape index (κ2) is 3.83. The Kier molecular flexibility index (Phi) is 2.33. The van der Waals surface area contributed by atoms with Gasteiger partial charge in [-0.3, -0.25) is 0 Å². The number of rotatable bonds is 3. The summed E-state index contributed by atoms with van der Waals surface area (Å²) < 4.78 is 0. The molecule has 1 aromatic heterocycles. The lowest BCUT2D eigenvalue weighted by Gasteiger charge is -2.30. The number of phenols is 1. The lowest BCUT2D eigenvalue weighted by atomic mass is 10.1. The zero-order valence-electron chi connectivity index (χ0n) is 9.24. The van der Waals surface area contributed by atoms with Crippen molar-refractivity contribution in [3.63, 3.8) is 0 Å². The van der Waals surface area contributed by atoms with Crippen LogP contribution in [0.15, 0.2) is 24.4 Å². The Morgan fingerprint density at radius 2 is 2.19 bits per heavy atom. The normalized spacial score (nSPS) is 16.5. The highest BCUT2D eigenvalue weighted by Gasteiger charge is 2.13. The average molecular weight is 216 g/mol. The van der Waals surface area contributed by atoms with Gasteiger partial charge in [0.1, 0.15) is 5.75 Å². The fourth-order valence-corrected chi connectivity index (χ4v) is 2.26. The molecule has 84 valence electrons. The number of H-pyrrole nitrogens is 1. The molecule has 16 heavy (non-hydrogen) atoms.